The van der Waals surface area contributed by atoms with Gasteiger partial charge in [-0.25, -0.2) is 0 Å². The minimum atomic E-state index is -0.0884. The van der Waals surface area contributed by atoms with E-state index in [0.29, 0.717) is 24.5 Å². The Bertz CT molecular complexity index is 415. The number of methoxy groups -OCH3 is 1. The molecule has 3 nitrogen and oxygen atoms in total. The van der Waals surface area contributed by atoms with E-state index >= 15 is 0 Å². The molecule has 0 unspecified atom stereocenters. The van der Waals surface area contributed by atoms with Gasteiger partial charge in [-0.1, -0.05) is 90.9 Å². The summed E-state index contributed by atoms with van der Waals surface area (Å²) in [5.74, 6) is 0.421. The van der Waals surface area contributed by atoms with Gasteiger partial charge in [0.15, 0.2) is 0 Å². The van der Waals surface area contributed by atoms with Crippen molar-refractivity contribution in [1.29, 1.82) is 0 Å². The molecule has 1 heterocycles. The van der Waals surface area contributed by atoms with Crippen LogP contribution in [0, 0.1) is 5.92 Å². The van der Waals surface area contributed by atoms with Crippen LogP contribution < -0.4 is 0 Å². The number of ether oxygens (including phenoxy) is 2. The summed E-state index contributed by atoms with van der Waals surface area (Å²) in [6.07, 6.45) is 22.0. The van der Waals surface area contributed by atoms with E-state index in [-0.39, 0.29) is 11.3 Å². The SMILES string of the molecule is CCCCCC[C@@H]1C[C@H](Cl)[C@H](CCCCCCCC(=O)OC)[C@H](CCCCCC)O1. The molecule has 0 saturated carbocycles. The Hall–Kier alpha value is -0.280. The largest absolute Gasteiger partial charge is 0.469 e. The van der Waals surface area contributed by atoms with E-state index in [1.54, 1.807) is 0 Å². The van der Waals surface area contributed by atoms with Crippen molar-refractivity contribution in [2.45, 2.75) is 147 Å². The molecule has 0 aliphatic carbocycles. The van der Waals surface area contributed by atoms with Crippen LogP contribution in [0.3, 0.4) is 0 Å². The number of halogens is 1. The third-order valence-corrected chi connectivity index (χ3v) is 7.17. The van der Waals surface area contributed by atoms with Crippen LogP contribution in [0.25, 0.3) is 0 Å². The zero-order valence-electron chi connectivity index (χ0n) is 20.1. The van der Waals surface area contributed by atoms with Crippen molar-refractivity contribution in [2.75, 3.05) is 7.11 Å². The average molecular weight is 445 g/mol. The fourth-order valence-electron chi connectivity index (χ4n) is 4.75. The molecule has 30 heavy (non-hydrogen) atoms. The van der Waals surface area contributed by atoms with Gasteiger partial charge in [0.1, 0.15) is 0 Å². The van der Waals surface area contributed by atoms with E-state index in [1.807, 2.05) is 0 Å². The summed E-state index contributed by atoms with van der Waals surface area (Å²) in [4.78, 5) is 11.2. The lowest BCUT2D eigenvalue weighted by atomic mass is 9.83. The second kappa shape index (κ2) is 18.3. The molecule has 0 N–H and O–H groups in total. The lowest BCUT2D eigenvalue weighted by molar-refractivity contribution is -0.140. The summed E-state index contributed by atoms with van der Waals surface area (Å²) >= 11 is 6.93. The molecular formula is C26H49ClO3. The average Bonchev–Trinajstić information content (AvgIpc) is 2.74. The quantitative estimate of drug-likeness (QED) is 0.121. The van der Waals surface area contributed by atoms with Crippen molar-refractivity contribution in [3.05, 3.63) is 0 Å². The molecule has 1 saturated heterocycles. The second-order valence-electron chi connectivity index (χ2n) is 9.29. The van der Waals surface area contributed by atoms with Crippen LogP contribution in [-0.2, 0) is 14.3 Å². The Kier molecular flexibility index (Phi) is 16.9. The molecule has 0 amide bonds. The minimum absolute atomic E-state index is 0.0884. The van der Waals surface area contributed by atoms with Crippen molar-refractivity contribution >= 4 is 17.6 Å². The molecule has 0 aromatic carbocycles. The molecule has 0 radical (unpaired) electrons. The van der Waals surface area contributed by atoms with Crippen molar-refractivity contribution in [1.82, 2.24) is 0 Å². The standard InChI is InChI=1S/C26H49ClO3/c1-4-6-8-13-17-22-21-24(27)23(25(30-22)19-15-9-7-5-2)18-14-11-10-12-16-20-26(28)29-3/h22-25H,4-21H2,1-3H3/t22-,23+,24+,25+/m1/s1. The van der Waals surface area contributed by atoms with Crippen molar-refractivity contribution < 1.29 is 14.3 Å². The Labute approximate surface area is 192 Å². The lowest BCUT2D eigenvalue weighted by Gasteiger charge is -2.40. The summed E-state index contributed by atoms with van der Waals surface area (Å²) in [5.41, 5.74) is 0. The minimum Gasteiger partial charge on any atom is -0.469 e. The highest BCUT2D eigenvalue weighted by Crippen LogP contribution is 2.37. The molecule has 4 heteroatoms. The molecular weight excluding hydrogens is 396 g/mol. The third kappa shape index (κ3) is 12.5. The van der Waals surface area contributed by atoms with Crippen LogP contribution in [0.15, 0.2) is 0 Å². The first kappa shape index (κ1) is 27.8. The summed E-state index contributed by atoms with van der Waals surface area (Å²) in [6.45, 7) is 4.54. The van der Waals surface area contributed by atoms with E-state index in [0.717, 1.165) is 19.3 Å². The van der Waals surface area contributed by atoms with Gasteiger partial charge in [-0.15, -0.1) is 11.6 Å². The van der Waals surface area contributed by atoms with Crippen LogP contribution in [0.4, 0.5) is 0 Å². The predicted molar refractivity (Wildman–Crippen MR) is 128 cm³/mol. The van der Waals surface area contributed by atoms with Gasteiger partial charge in [0.25, 0.3) is 0 Å². The number of carbonyl (C=O) groups excluding carboxylic acids is 1. The fraction of sp³-hybridized carbons (Fsp3) is 0.962. The molecule has 0 bridgehead atoms. The lowest BCUT2D eigenvalue weighted by Crippen LogP contribution is -2.42. The summed E-state index contributed by atoms with van der Waals surface area (Å²) in [6, 6.07) is 0. The number of esters is 1. The van der Waals surface area contributed by atoms with Crippen molar-refractivity contribution in [3.63, 3.8) is 0 Å². The van der Waals surface area contributed by atoms with E-state index in [2.05, 4.69) is 13.8 Å². The highest BCUT2D eigenvalue weighted by molar-refractivity contribution is 6.20. The van der Waals surface area contributed by atoms with Crippen LogP contribution in [0.1, 0.15) is 129 Å². The topological polar surface area (TPSA) is 35.5 Å². The first-order valence-corrected chi connectivity index (χ1v) is 13.4. The van der Waals surface area contributed by atoms with Gasteiger partial charge < -0.3 is 9.47 Å². The van der Waals surface area contributed by atoms with E-state index in [9.17, 15) is 4.79 Å². The maximum atomic E-state index is 11.2. The zero-order chi connectivity index (χ0) is 22.0. The predicted octanol–water partition coefficient (Wildman–Crippen LogP) is 8.21. The number of carbonyl (C=O) groups is 1. The molecule has 1 fully saturated rings. The molecule has 0 spiro atoms. The van der Waals surface area contributed by atoms with Crippen molar-refractivity contribution in [2.24, 2.45) is 5.92 Å². The highest BCUT2D eigenvalue weighted by atomic mass is 35.5. The van der Waals surface area contributed by atoms with Gasteiger partial charge in [0.05, 0.1) is 19.3 Å². The van der Waals surface area contributed by atoms with E-state index in [1.165, 1.54) is 97.0 Å². The molecule has 4 atom stereocenters. The van der Waals surface area contributed by atoms with Crippen LogP contribution >= 0.6 is 11.6 Å². The molecule has 1 aliphatic heterocycles. The molecule has 0 aromatic rings. The molecule has 0 aromatic heterocycles. The number of hydrogen-bond donors (Lipinski definition) is 0. The van der Waals surface area contributed by atoms with Gasteiger partial charge in [-0.05, 0) is 32.1 Å². The maximum Gasteiger partial charge on any atom is 0.305 e. The smallest absolute Gasteiger partial charge is 0.305 e. The van der Waals surface area contributed by atoms with E-state index < -0.39 is 0 Å². The number of hydrogen-bond acceptors (Lipinski definition) is 3. The number of rotatable bonds is 18. The zero-order valence-corrected chi connectivity index (χ0v) is 20.9. The van der Waals surface area contributed by atoms with Gasteiger partial charge in [0, 0.05) is 17.7 Å². The molecule has 1 aliphatic rings. The summed E-state index contributed by atoms with van der Waals surface area (Å²) in [7, 11) is 1.46. The molecule has 1 rings (SSSR count). The second-order valence-corrected chi connectivity index (χ2v) is 9.85. The Balaban J connectivity index is 2.37. The van der Waals surface area contributed by atoms with Gasteiger partial charge in [0.2, 0.25) is 0 Å². The normalized spacial score (nSPS) is 24.1. The van der Waals surface area contributed by atoms with Gasteiger partial charge in [-0.2, -0.15) is 0 Å². The number of alkyl halides is 1. The number of unbranched alkanes of at least 4 members (excludes halogenated alkanes) is 10. The monoisotopic (exact) mass is 444 g/mol. The molecule has 178 valence electrons. The Morgan fingerprint density at radius 1 is 0.833 bits per heavy atom. The van der Waals surface area contributed by atoms with Gasteiger partial charge in [-0.3, -0.25) is 4.79 Å². The first-order chi connectivity index (χ1) is 14.6. The van der Waals surface area contributed by atoms with Crippen molar-refractivity contribution in [3.8, 4) is 0 Å². The third-order valence-electron chi connectivity index (χ3n) is 6.67. The summed E-state index contributed by atoms with van der Waals surface area (Å²) in [5, 5.41) is 0.269. The van der Waals surface area contributed by atoms with E-state index in [4.69, 9.17) is 21.1 Å². The first-order valence-electron chi connectivity index (χ1n) is 13.0. The fourth-order valence-corrected chi connectivity index (χ4v) is 5.24. The van der Waals surface area contributed by atoms with Crippen LogP contribution in [0.2, 0.25) is 0 Å². The van der Waals surface area contributed by atoms with Crippen LogP contribution in [0.5, 0.6) is 0 Å². The van der Waals surface area contributed by atoms with Gasteiger partial charge >= 0.3 is 5.97 Å². The Morgan fingerprint density at radius 2 is 1.40 bits per heavy atom. The maximum absolute atomic E-state index is 11.2. The summed E-state index contributed by atoms with van der Waals surface area (Å²) < 4.78 is 11.3. The highest BCUT2D eigenvalue weighted by Gasteiger charge is 2.36. The Morgan fingerprint density at radius 3 is 2.07 bits per heavy atom. The van der Waals surface area contributed by atoms with Crippen LogP contribution in [-0.4, -0.2) is 30.7 Å².